The fourth-order valence-corrected chi connectivity index (χ4v) is 3.79. The van der Waals surface area contributed by atoms with E-state index in [0.717, 1.165) is 40.0 Å². The Kier molecular flexibility index (Phi) is 18.3. The summed E-state index contributed by atoms with van der Waals surface area (Å²) >= 11 is 0. The molecule has 0 aliphatic rings. The van der Waals surface area contributed by atoms with Gasteiger partial charge in [0.1, 0.15) is 0 Å². The third-order valence-corrected chi connectivity index (χ3v) is 7.57. The van der Waals surface area contributed by atoms with E-state index < -0.39 is 0 Å². The van der Waals surface area contributed by atoms with Gasteiger partial charge in [0, 0.05) is 30.7 Å². The highest BCUT2D eigenvalue weighted by Crippen LogP contribution is 2.23. The van der Waals surface area contributed by atoms with Crippen LogP contribution in [0.4, 0.5) is 0 Å². The standard InChI is InChI=1S/C11H18N2.2C10H16N2.C9H15N3/c1-8(2)10-6-9(7-12-13-10)11(3,4)5;1-7(2)9-5-12-10(6-11-9)8(3)4;1-7(2)9-5-11-6-10(12-9)8(3)4;1-6(2)8-5-10-9(7(3)4)12-11-8/h6-8H,1-5H3;2*5-8H,1-4H3;5-7H,1-4H3. The molecule has 270 valence electrons. The molecule has 0 saturated carbocycles. The third-order valence-electron chi connectivity index (χ3n) is 7.57. The van der Waals surface area contributed by atoms with Gasteiger partial charge in [-0.2, -0.15) is 15.3 Å². The maximum atomic E-state index is 4.51. The van der Waals surface area contributed by atoms with Crippen molar-refractivity contribution in [3.63, 3.8) is 0 Å². The molecule has 0 amide bonds. The predicted molar refractivity (Wildman–Crippen MR) is 203 cm³/mol. The number of nitrogens with zero attached hydrogens (tertiary/aromatic N) is 9. The topological polar surface area (TPSA) is 116 Å². The molecule has 4 aromatic rings. The lowest BCUT2D eigenvalue weighted by atomic mass is 9.87. The Hall–Kier alpha value is -3.75. The zero-order chi connectivity index (χ0) is 37.5. The molecule has 0 radical (unpaired) electrons. The van der Waals surface area contributed by atoms with Crippen LogP contribution in [0.25, 0.3) is 0 Å². The quantitative estimate of drug-likeness (QED) is 0.189. The van der Waals surface area contributed by atoms with Crippen molar-refractivity contribution in [1.29, 1.82) is 0 Å². The molecule has 0 saturated heterocycles. The van der Waals surface area contributed by atoms with Crippen molar-refractivity contribution in [3.05, 3.63) is 88.8 Å². The first-order chi connectivity index (χ1) is 22.7. The summed E-state index contributed by atoms with van der Waals surface area (Å²) < 4.78 is 0. The summed E-state index contributed by atoms with van der Waals surface area (Å²) in [6.45, 7) is 36.2. The van der Waals surface area contributed by atoms with Gasteiger partial charge in [0.25, 0.3) is 0 Å². The summed E-state index contributed by atoms with van der Waals surface area (Å²) in [5.74, 6) is 3.92. The summed E-state index contributed by atoms with van der Waals surface area (Å²) in [7, 11) is 0. The molecular weight excluding hydrogens is 607 g/mol. The van der Waals surface area contributed by atoms with Crippen LogP contribution in [0.3, 0.4) is 0 Å². The molecule has 0 N–H and O–H groups in total. The average molecular weight is 672 g/mol. The highest BCUT2D eigenvalue weighted by Gasteiger charge is 2.15. The molecule has 9 nitrogen and oxygen atoms in total. The zero-order valence-corrected chi connectivity index (χ0v) is 33.6. The van der Waals surface area contributed by atoms with Gasteiger partial charge in [-0.25, -0.2) is 4.98 Å². The lowest BCUT2D eigenvalue weighted by Gasteiger charge is -2.19. The average Bonchev–Trinajstić information content (AvgIpc) is 3.05. The molecule has 4 aromatic heterocycles. The highest BCUT2D eigenvalue weighted by atomic mass is 15.2. The Morgan fingerprint density at radius 3 is 1.16 bits per heavy atom. The lowest BCUT2D eigenvalue weighted by Crippen LogP contribution is -2.13. The summed E-state index contributed by atoms with van der Waals surface area (Å²) in [5.41, 5.74) is 7.76. The van der Waals surface area contributed by atoms with E-state index >= 15 is 0 Å². The van der Waals surface area contributed by atoms with E-state index in [4.69, 9.17) is 0 Å². The molecule has 0 aliphatic heterocycles. The van der Waals surface area contributed by atoms with Crippen LogP contribution >= 0.6 is 0 Å². The zero-order valence-electron chi connectivity index (χ0n) is 33.6. The van der Waals surface area contributed by atoms with Gasteiger partial charge in [-0.3, -0.25) is 19.9 Å². The molecule has 0 bridgehead atoms. The van der Waals surface area contributed by atoms with Gasteiger partial charge in [0.15, 0.2) is 5.82 Å². The van der Waals surface area contributed by atoms with Crippen LogP contribution in [0.15, 0.2) is 43.2 Å². The van der Waals surface area contributed by atoms with Gasteiger partial charge in [0.2, 0.25) is 0 Å². The van der Waals surface area contributed by atoms with Gasteiger partial charge in [-0.05, 0) is 52.6 Å². The van der Waals surface area contributed by atoms with Crippen LogP contribution in [-0.2, 0) is 5.41 Å². The van der Waals surface area contributed by atoms with Gasteiger partial charge in [0.05, 0.1) is 46.6 Å². The van der Waals surface area contributed by atoms with Crippen LogP contribution in [0.2, 0.25) is 0 Å². The summed E-state index contributed by atoms with van der Waals surface area (Å²) in [5, 5.41) is 16.3. The SMILES string of the molecule is CC(C)c1cc(C(C)(C)C)cnn1.CC(C)c1cnc(C(C)C)cn1.CC(C)c1cnc(C(C)C)nn1.CC(C)c1cncc(C(C)C)n1. The summed E-state index contributed by atoms with van der Waals surface area (Å²) in [4.78, 5) is 21.6. The maximum Gasteiger partial charge on any atom is 0.153 e. The molecule has 0 spiro atoms. The van der Waals surface area contributed by atoms with E-state index in [2.05, 4.69) is 169 Å². The predicted octanol–water partition coefficient (Wildman–Crippen LogP) is 10.5. The third kappa shape index (κ3) is 16.0. The fourth-order valence-electron chi connectivity index (χ4n) is 3.79. The van der Waals surface area contributed by atoms with Crippen LogP contribution in [0, 0.1) is 0 Å². The fraction of sp³-hybridized carbons (Fsp3) is 0.625. The van der Waals surface area contributed by atoms with Gasteiger partial charge < -0.3 is 0 Å². The Bertz CT molecular complexity index is 1340. The van der Waals surface area contributed by atoms with Crippen molar-refractivity contribution < 1.29 is 0 Å². The number of hydrogen-bond donors (Lipinski definition) is 0. The normalized spacial score (nSPS) is 11.4. The van der Waals surface area contributed by atoms with Crippen molar-refractivity contribution in [2.24, 2.45) is 0 Å². The smallest absolute Gasteiger partial charge is 0.153 e. The number of aromatic nitrogens is 9. The number of hydrogen-bond acceptors (Lipinski definition) is 9. The number of rotatable bonds is 7. The molecule has 0 aliphatic carbocycles. The van der Waals surface area contributed by atoms with Crippen molar-refractivity contribution in [3.8, 4) is 0 Å². The molecule has 0 fully saturated rings. The van der Waals surface area contributed by atoms with E-state index in [1.54, 1.807) is 0 Å². The Balaban J connectivity index is 0.000000327. The molecule has 0 aromatic carbocycles. The van der Waals surface area contributed by atoms with Crippen molar-refractivity contribution in [2.75, 3.05) is 0 Å². The second kappa shape index (κ2) is 20.7. The minimum absolute atomic E-state index is 0.166. The van der Waals surface area contributed by atoms with Crippen molar-refractivity contribution in [1.82, 2.24) is 45.3 Å². The monoisotopic (exact) mass is 672 g/mol. The van der Waals surface area contributed by atoms with Crippen LogP contribution in [0.1, 0.15) is 205 Å². The first-order valence-corrected chi connectivity index (χ1v) is 17.9. The molecule has 0 unspecified atom stereocenters. The summed E-state index contributed by atoms with van der Waals surface area (Å²) in [6.07, 6.45) is 11.1. The second-order valence-corrected chi connectivity index (χ2v) is 15.7. The Morgan fingerprint density at radius 2 is 0.837 bits per heavy atom. The Labute approximate surface area is 298 Å². The van der Waals surface area contributed by atoms with Crippen LogP contribution in [0.5, 0.6) is 0 Å². The molecule has 0 atom stereocenters. The first kappa shape index (κ1) is 43.3. The van der Waals surface area contributed by atoms with Crippen molar-refractivity contribution in [2.45, 2.75) is 165 Å². The minimum atomic E-state index is 0.166. The molecule has 4 rings (SSSR count). The lowest BCUT2D eigenvalue weighted by molar-refractivity contribution is 0.580. The summed E-state index contributed by atoms with van der Waals surface area (Å²) in [6, 6.07) is 2.15. The van der Waals surface area contributed by atoms with Gasteiger partial charge >= 0.3 is 0 Å². The van der Waals surface area contributed by atoms with Crippen LogP contribution < -0.4 is 0 Å². The van der Waals surface area contributed by atoms with E-state index in [9.17, 15) is 0 Å². The molecule has 9 heteroatoms. The second-order valence-electron chi connectivity index (χ2n) is 15.7. The van der Waals surface area contributed by atoms with E-state index in [1.165, 1.54) is 5.56 Å². The highest BCUT2D eigenvalue weighted by molar-refractivity contribution is 5.22. The largest absolute Gasteiger partial charge is 0.261 e. The molecule has 4 heterocycles. The van der Waals surface area contributed by atoms with Gasteiger partial charge in [-0.15, -0.1) is 5.10 Å². The minimum Gasteiger partial charge on any atom is -0.261 e. The van der Waals surface area contributed by atoms with E-state index in [-0.39, 0.29) is 5.41 Å². The molecular formula is C40H65N9. The van der Waals surface area contributed by atoms with Crippen molar-refractivity contribution >= 4 is 0 Å². The molecule has 49 heavy (non-hydrogen) atoms. The van der Waals surface area contributed by atoms with Crippen LogP contribution in [-0.4, -0.2) is 45.3 Å². The first-order valence-electron chi connectivity index (χ1n) is 17.9. The van der Waals surface area contributed by atoms with E-state index in [1.807, 2.05) is 37.2 Å². The van der Waals surface area contributed by atoms with Gasteiger partial charge in [-0.1, -0.05) is 118 Å². The Morgan fingerprint density at radius 1 is 0.408 bits per heavy atom. The maximum absolute atomic E-state index is 4.51. The van der Waals surface area contributed by atoms with E-state index in [0.29, 0.717) is 41.4 Å².